The first kappa shape index (κ1) is 12.4. The Morgan fingerprint density at radius 1 is 1.53 bits per heavy atom. The second kappa shape index (κ2) is 6.05. The Bertz CT molecular complexity index is 361. The fourth-order valence-corrected chi connectivity index (χ4v) is 2.21. The lowest BCUT2D eigenvalue weighted by Crippen LogP contribution is -2.21. The van der Waals surface area contributed by atoms with Crippen LogP contribution in [-0.2, 0) is 0 Å². The monoisotopic (exact) mass is 255 g/mol. The Kier molecular flexibility index (Phi) is 4.42. The lowest BCUT2D eigenvalue weighted by molar-refractivity contribution is 0.304. The van der Waals surface area contributed by atoms with Crippen molar-refractivity contribution in [1.29, 1.82) is 0 Å². The molecule has 2 heterocycles. The highest BCUT2D eigenvalue weighted by Gasteiger charge is 2.22. The van der Waals surface area contributed by atoms with Crippen LogP contribution in [-0.4, -0.2) is 35.5 Å². The summed E-state index contributed by atoms with van der Waals surface area (Å²) in [6, 6.07) is 1.91. The minimum Gasteiger partial charge on any atom is -0.478 e. The van der Waals surface area contributed by atoms with Gasteiger partial charge in [-0.15, -0.1) is 11.6 Å². The number of halogens is 1. The Morgan fingerprint density at radius 2 is 2.41 bits per heavy atom. The quantitative estimate of drug-likeness (QED) is 0.757. The maximum Gasteiger partial charge on any atom is 0.218 e. The van der Waals surface area contributed by atoms with Crippen molar-refractivity contribution in [2.24, 2.45) is 5.92 Å². The van der Waals surface area contributed by atoms with Gasteiger partial charge >= 0.3 is 0 Å². The van der Waals surface area contributed by atoms with Crippen molar-refractivity contribution < 1.29 is 4.74 Å². The van der Waals surface area contributed by atoms with E-state index in [2.05, 4.69) is 21.8 Å². The van der Waals surface area contributed by atoms with E-state index in [-0.39, 0.29) is 0 Å². The van der Waals surface area contributed by atoms with Crippen LogP contribution in [0.3, 0.4) is 0 Å². The molecular formula is C12H18ClN3O. The van der Waals surface area contributed by atoms with Gasteiger partial charge in [0.2, 0.25) is 5.88 Å². The number of ether oxygens (including phenoxy) is 1. The van der Waals surface area contributed by atoms with E-state index < -0.39 is 0 Å². The predicted octanol–water partition coefficient (Wildman–Crippen LogP) is 2.33. The van der Waals surface area contributed by atoms with Crippen molar-refractivity contribution >= 4 is 17.4 Å². The lowest BCUT2D eigenvalue weighted by Gasteiger charge is -2.17. The molecule has 1 aliphatic heterocycles. The standard InChI is InChI=1S/C12H18ClN3O/c1-2-5-17-12-6-11(14-9-15-12)16-4-3-10(7-13)8-16/h6,9-10H,2-5,7-8H2,1H3. The number of nitrogens with zero attached hydrogens (tertiary/aromatic N) is 3. The van der Waals surface area contributed by atoms with Crippen molar-refractivity contribution in [2.75, 3.05) is 30.5 Å². The smallest absolute Gasteiger partial charge is 0.218 e. The van der Waals surface area contributed by atoms with Gasteiger partial charge in [0, 0.05) is 25.0 Å². The summed E-state index contributed by atoms with van der Waals surface area (Å²) in [5.74, 6) is 2.90. The second-order valence-electron chi connectivity index (χ2n) is 4.32. The molecule has 1 atom stereocenters. The summed E-state index contributed by atoms with van der Waals surface area (Å²) in [4.78, 5) is 10.6. The molecule has 0 saturated carbocycles. The van der Waals surface area contributed by atoms with E-state index >= 15 is 0 Å². The zero-order valence-electron chi connectivity index (χ0n) is 10.1. The number of rotatable bonds is 5. The number of alkyl halides is 1. The van der Waals surface area contributed by atoms with Crippen LogP contribution in [0.15, 0.2) is 12.4 Å². The predicted molar refractivity (Wildman–Crippen MR) is 68.9 cm³/mol. The maximum atomic E-state index is 5.88. The second-order valence-corrected chi connectivity index (χ2v) is 4.63. The van der Waals surface area contributed by atoms with Gasteiger partial charge in [0.25, 0.3) is 0 Å². The van der Waals surface area contributed by atoms with Crippen LogP contribution in [0, 0.1) is 5.92 Å². The zero-order chi connectivity index (χ0) is 12.1. The molecule has 4 nitrogen and oxygen atoms in total. The van der Waals surface area contributed by atoms with Gasteiger partial charge in [-0.1, -0.05) is 6.92 Å². The van der Waals surface area contributed by atoms with Crippen molar-refractivity contribution in [3.63, 3.8) is 0 Å². The third-order valence-corrected chi connectivity index (χ3v) is 3.35. The van der Waals surface area contributed by atoms with Gasteiger partial charge in [-0.3, -0.25) is 0 Å². The molecule has 5 heteroatoms. The van der Waals surface area contributed by atoms with Gasteiger partial charge in [-0.05, 0) is 18.8 Å². The molecule has 0 bridgehead atoms. The molecule has 1 aliphatic rings. The minimum atomic E-state index is 0.576. The molecule has 0 radical (unpaired) electrons. The largest absolute Gasteiger partial charge is 0.478 e. The molecule has 17 heavy (non-hydrogen) atoms. The van der Waals surface area contributed by atoms with Crippen LogP contribution in [0.4, 0.5) is 5.82 Å². The maximum absolute atomic E-state index is 5.88. The Labute approximate surface area is 107 Å². The molecule has 0 spiro atoms. The summed E-state index contributed by atoms with van der Waals surface area (Å²) in [5, 5.41) is 0. The molecule has 1 fully saturated rings. The van der Waals surface area contributed by atoms with Crippen molar-refractivity contribution in [1.82, 2.24) is 9.97 Å². The summed E-state index contributed by atoms with van der Waals surface area (Å²) in [6.07, 6.45) is 3.68. The van der Waals surface area contributed by atoms with Gasteiger partial charge in [0.1, 0.15) is 12.1 Å². The van der Waals surface area contributed by atoms with Crippen LogP contribution in [0.25, 0.3) is 0 Å². The summed E-state index contributed by atoms with van der Waals surface area (Å²) in [6.45, 7) is 4.77. The van der Waals surface area contributed by atoms with E-state index in [4.69, 9.17) is 16.3 Å². The number of aromatic nitrogens is 2. The van der Waals surface area contributed by atoms with Gasteiger partial charge in [0.05, 0.1) is 6.61 Å². The summed E-state index contributed by atoms with van der Waals surface area (Å²) < 4.78 is 5.50. The fraction of sp³-hybridized carbons (Fsp3) is 0.667. The van der Waals surface area contributed by atoms with Crippen LogP contribution in [0.2, 0.25) is 0 Å². The number of hydrogen-bond donors (Lipinski definition) is 0. The van der Waals surface area contributed by atoms with Gasteiger partial charge in [-0.2, -0.15) is 0 Å². The summed E-state index contributed by atoms with van der Waals surface area (Å²) in [5.41, 5.74) is 0. The van der Waals surface area contributed by atoms with E-state index in [1.807, 2.05) is 6.07 Å². The molecule has 1 aromatic heterocycles. The van der Waals surface area contributed by atoms with E-state index in [0.717, 1.165) is 37.6 Å². The van der Waals surface area contributed by atoms with E-state index in [0.29, 0.717) is 18.4 Å². The summed E-state index contributed by atoms with van der Waals surface area (Å²) >= 11 is 5.88. The summed E-state index contributed by atoms with van der Waals surface area (Å²) in [7, 11) is 0. The Morgan fingerprint density at radius 3 is 3.12 bits per heavy atom. The Balaban J connectivity index is 2.01. The molecule has 2 rings (SSSR count). The van der Waals surface area contributed by atoms with Crippen molar-refractivity contribution in [2.45, 2.75) is 19.8 Å². The molecule has 0 aromatic carbocycles. The van der Waals surface area contributed by atoms with Gasteiger partial charge in [0.15, 0.2) is 0 Å². The van der Waals surface area contributed by atoms with Gasteiger partial charge in [-0.25, -0.2) is 9.97 Å². The number of anilines is 1. The highest BCUT2D eigenvalue weighted by molar-refractivity contribution is 6.18. The van der Waals surface area contributed by atoms with Crippen LogP contribution < -0.4 is 9.64 Å². The van der Waals surface area contributed by atoms with E-state index in [1.165, 1.54) is 0 Å². The molecule has 94 valence electrons. The molecule has 0 N–H and O–H groups in total. The van der Waals surface area contributed by atoms with Crippen molar-refractivity contribution in [3.8, 4) is 5.88 Å². The zero-order valence-corrected chi connectivity index (χ0v) is 10.9. The van der Waals surface area contributed by atoms with E-state index in [1.54, 1.807) is 6.33 Å². The SMILES string of the molecule is CCCOc1cc(N2CCC(CCl)C2)ncn1. The van der Waals surface area contributed by atoms with Gasteiger partial charge < -0.3 is 9.64 Å². The average molecular weight is 256 g/mol. The molecular weight excluding hydrogens is 238 g/mol. The first-order chi connectivity index (χ1) is 8.33. The van der Waals surface area contributed by atoms with Crippen LogP contribution in [0.5, 0.6) is 5.88 Å². The minimum absolute atomic E-state index is 0.576. The van der Waals surface area contributed by atoms with Crippen molar-refractivity contribution in [3.05, 3.63) is 12.4 Å². The fourth-order valence-electron chi connectivity index (χ4n) is 1.96. The third-order valence-electron chi connectivity index (χ3n) is 2.91. The molecule has 0 aliphatic carbocycles. The highest BCUT2D eigenvalue weighted by Crippen LogP contribution is 2.24. The normalized spacial score (nSPS) is 19.6. The number of hydrogen-bond acceptors (Lipinski definition) is 4. The van der Waals surface area contributed by atoms with Crippen LogP contribution >= 0.6 is 11.6 Å². The molecule has 0 amide bonds. The van der Waals surface area contributed by atoms with E-state index in [9.17, 15) is 0 Å². The first-order valence-corrected chi connectivity index (χ1v) is 6.62. The topological polar surface area (TPSA) is 38.2 Å². The highest BCUT2D eigenvalue weighted by atomic mass is 35.5. The van der Waals surface area contributed by atoms with Crippen LogP contribution in [0.1, 0.15) is 19.8 Å². The molecule has 1 saturated heterocycles. The molecule has 1 unspecified atom stereocenters. The Hall–Kier alpha value is -1.03. The average Bonchev–Trinajstić information content (AvgIpc) is 2.85. The third kappa shape index (κ3) is 3.22. The first-order valence-electron chi connectivity index (χ1n) is 6.09. The molecule has 1 aromatic rings. The lowest BCUT2D eigenvalue weighted by atomic mass is 10.2.